The van der Waals surface area contributed by atoms with Crippen molar-refractivity contribution in [3.8, 4) is 11.1 Å². The van der Waals surface area contributed by atoms with E-state index in [0.29, 0.717) is 16.9 Å². The molecule has 0 aliphatic carbocycles. The number of imide groups is 1. The number of carbonyl (C=O) groups is 3. The van der Waals surface area contributed by atoms with Crippen molar-refractivity contribution in [3.63, 3.8) is 0 Å². The first kappa shape index (κ1) is 22.3. The van der Waals surface area contributed by atoms with Gasteiger partial charge in [0.1, 0.15) is 6.04 Å². The molecule has 4 rings (SSSR count). The molecule has 6 heteroatoms. The van der Waals surface area contributed by atoms with E-state index in [1.807, 2.05) is 55.5 Å². The molecule has 0 saturated carbocycles. The number of amides is 3. The van der Waals surface area contributed by atoms with E-state index < -0.39 is 17.9 Å². The normalized spacial score (nSPS) is 15.8. The standard InChI is InChI=1S/C27H27N3O3/c1-16-8-6-9-19(14-16)15-24(31)29-18(3)27(33)30-23-13-7-12-22(28)25(23)21-11-5-4-10-20(21)17(2)26(30)32/h4-14,17-18H,15,28H2,1-3H3,(H,29,31)/t17?,18-/m0/s1. The predicted octanol–water partition coefficient (Wildman–Crippen LogP) is 3.97. The fourth-order valence-corrected chi connectivity index (χ4v) is 4.37. The van der Waals surface area contributed by atoms with Gasteiger partial charge in [0.25, 0.3) is 5.91 Å². The van der Waals surface area contributed by atoms with E-state index >= 15 is 0 Å². The number of benzene rings is 3. The molecule has 1 aliphatic heterocycles. The Hall–Kier alpha value is -3.93. The minimum Gasteiger partial charge on any atom is -0.398 e. The monoisotopic (exact) mass is 441 g/mol. The van der Waals surface area contributed by atoms with Crippen molar-refractivity contribution in [1.82, 2.24) is 5.32 Å². The maximum absolute atomic E-state index is 13.5. The second-order valence-electron chi connectivity index (χ2n) is 8.52. The van der Waals surface area contributed by atoms with Crippen LogP contribution in [0.5, 0.6) is 0 Å². The molecule has 0 radical (unpaired) electrons. The molecule has 3 aromatic carbocycles. The highest BCUT2D eigenvalue weighted by molar-refractivity contribution is 6.22. The summed E-state index contributed by atoms with van der Waals surface area (Å²) in [4.78, 5) is 40.8. The summed E-state index contributed by atoms with van der Waals surface area (Å²) in [7, 11) is 0. The predicted molar refractivity (Wildman–Crippen MR) is 130 cm³/mol. The van der Waals surface area contributed by atoms with Gasteiger partial charge in [0.15, 0.2) is 0 Å². The first-order valence-corrected chi connectivity index (χ1v) is 11.0. The van der Waals surface area contributed by atoms with Crippen LogP contribution in [0.4, 0.5) is 11.4 Å². The lowest BCUT2D eigenvalue weighted by Crippen LogP contribution is -2.50. The Morgan fingerprint density at radius 1 is 1.06 bits per heavy atom. The smallest absolute Gasteiger partial charge is 0.256 e. The molecule has 1 heterocycles. The number of carbonyl (C=O) groups excluding carboxylic acids is 3. The molecule has 6 nitrogen and oxygen atoms in total. The Morgan fingerprint density at radius 3 is 2.55 bits per heavy atom. The molecule has 3 amide bonds. The molecule has 3 aromatic rings. The summed E-state index contributed by atoms with van der Waals surface area (Å²) in [5.74, 6) is -1.68. The molecular formula is C27H27N3O3. The second kappa shape index (κ2) is 8.90. The van der Waals surface area contributed by atoms with Gasteiger partial charge in [-0.2, -0.15) is 0 Å². The molecule has 33 heavy (non-hydrogen) atoms. The number of hydrogen-bond donors (Lipinski definition) is 2. The highest BCUT2D eigenvalue weighted by Gasteiger charge is 2.37. The van der Waals surface area contributed by atoms with Crippen molar-refractivity contribution < 1.29 is 14.4 Å². The molecule has 1 unspecified atom stereocenters. The van der Waals surface area contributed by atoms with Gasteiger partial charge in [0.05, 0.1) is 18.0 Å². The number of anilines is 2. The first-order chi connectivity index (χ1) is 15.8. The molecule has 0 bridgehead atoms. The second-order valence-corrected chi connectivity index (χ2v) is 8.52. The minimum atomic E-state index is -0.894. The summed E-state index contributed by atoms with van der Waals surface area (Å²) < 4.78 is 0. The lowest BCUT2D eigenvalue weighted by Gasteiger charge is -2.26. The van der Waals surface area contributed by atoms with Gasteiger partial charge in [-0.25, -0.2) is 4.90 Å². The van der Waals surface area contributed by atoms with Crippen molar-refractivity contribution in [2.24, 2.45) is 0 Å². The lowest BCUT2D eigenvalue weighted by molar-refractivity contribution is -0.131. The van der Waals surface area contributed by atoms with Crippen molar-refractivity contribution in [3.05, 3.63) is 83.4 Å². The van der Waals surface area contributed by atoms with Crippen molar-refractivity contribution in [2.75, 3.05) is 10.6 Å². The number of nitrogens with one attached hydrogen (secondary N) is 1. The summed E-state index contributed by atoms with van der Waals surface area (Å²) in [6.45, 7) is 5.34. The Balaban J connectivity index is 1.65. The quantitative estimate of drug-likeness (QED) is 0.599. The van der Waals surface area contributed by atoms with E-state index in [0.717, 1.165) is 22.3 Å². The highest BCUT2D eigenvalue weighted by Crippen LogP contribution is 2.44. The Labute approximate surface area is 193 Å². The third kappa shape index (κ3) is 4.24. The number of rotatable bonds is 4. The topological polar surface area (TPSA) is 92.5 Å². The Morgan fingerprint density at radius 2 is 1.79 bits per heavy atom. The van der Waals surface area contributed by atoms with Gasteiger partial charge in [0.2, 0.25) is 11.8 Å². The zero-order chi connectivity index (χ0) is 23.7. The molecule has 3 N–H and O–H groups in total. The van der Waals surface area contributed by atoms with Crippen LogP contribution in [0.1, 0.15) is 36.5 Å². The average Bonchev–Trinajstić information content (AvgIpc) is 2.87. The van der Waals surface area contributed by atoms with Crippen LogP contribution < -0.4 is 16.0 Å². The van der Waals surface area contributed by atoms with Crippen molar-refractivity contribution >= 4 is 29.1 Å². The first-order valence-electron chi connectivity index (χ1n) is 11.0. The fourth-order valence-electron chi connectivity index (χ4n) is 4.37. The highest BCUT2D eigenvalue weighted by atomic mass is 16.2. The number of fused-ring (bicyclic) bond motifs is 3. The van der Waals surface area contributed by atoms with Gasteiger partial charge in [-0.1, -0.05) is 60.2 Å². The van der Waals surface area contributed by atoms with Crippen LogP contribution in [0, 0.1) is 6.92 Å². The minimum absolute atomic E-state index is 0.151. The summed E-state index contributed by atoms with van der Waals surface area (Å²) in [5.41, 5.74) is 11.4. The van der Waals surface area contributed by atoms with Crippen LogP contribution in [0.25, 0.3) is 11.1 Å². The van der Waals surface area contributed by atoms with E-state index in [-0.39, 0.29) is 18.2 Å². The van der Waals surface area contributed by atoms with Crippen LogP contribution in [-0.4, -0.2) is 23.8 Å². The third-order valence-electron chi connectivity index (χ3n) is 6.02. The van der Waals surface area contributed by atoms with Crippen molar-refractivity contribution in [2.45, 2.75) is 39.2 Å². The maximum atomic E-state index is 13.5. The molecular weight excluding hydrogens is 414 g/mol. The van der Waals surface area contributed by atoms with Gasteiger partial charge in [-0.3, -0.25) is 14.4 Å². The van der Waals surface area contributed by atoms with E-state index in [2.05, 4.69) is 5.32 Å². The van der Waals surface area contributed by atoms with Crippen LogP contribution in [0.15, 0.2) is 66.7 Å². The van der Waals surface area contributed by atoms with Crippen LogP contribution in [0.2, 0.25) is 0 Å². The zero-order valence-electron chi connectivity index (χ0n) is 19.0. The maximum Gasteiger partial charge on any atom is 0.256 e. The SMILES string of the molecule is Cc1cccc(CC(=O)N[C@@H](C)C(=O)N2C(=O)C(C)c3ccccc3-c3c(N)cccc32)c1. The third-order valence-corrected chi connectivity index (χ3v) is 6.02. The van der Waals surface area contributed by atoms with Crippen LogP contribution >= 0.6 is 0 Å². The van der Waals surface area contributed by atoms with E-state index in [4.69, 9.17) is 5.73 Å². The van der Waals surface area contributed by atoms with Crippen LogP contribution in [-0.2, 0) is 20.8 Å². The molecule has 0 spiro atoms. The summed E-state index contributed by atoms with van der Waals surface area (Å²) >= 11 is 0. The Kier molecular flexibility index (Phi) is 6.01. The van der Waals surface area contributed by atoms with Crippen LogP contribution in [0.3, 0.4) is 0 Å². The average molecular weight is 442 g/mol. The lowest BCUT2D eigenvalue weighted by atomic mass is 9.92. The van der Waals surface area contributed by atoms with E-state index in [9.17, 15) is 14.4 Å². The van der Waals surface area contributed by atoms with Gasteiger partial charge in [0, 0.05) is 11.3 Å². The molecule has 2 atom stereocenters. The summed E-state index contributed by atoms with van der Waals surface area (Å²) in [6.07, 6.45) is 0.151. The summed E-state index contributed by atoms with van der Waals surface area (Å²) in [6, 6.07) is 19.5. The number of nitrogens with zero attached hydrogens (tertiary/aromatic N) is 1. The van der Waals surface area contributed by atoms with Crippen molar-refractivity contribution in [1.29, 1.82) is 0 Å². The molecule has 1 aliphatic rings. The number of hydrogen-bond acceptors (Lipinski definition) is 4. The van der Waals surface area contributed by atoms with Gasteiger partial charge >= 0.3 is 0 Å². The van der Waals surface area contributed by atoms with Gasteiger partial charge in [-0.15, -0.1) is 0 Å². The molecule has 0 fully saturated rings. The molecule has 0 aromatic heterocycles. The fraction of sp³-hybridized carbons (Fsp3) is 0.222. The molecule has 168 valence electrons. The summed E-state index contributed by atoms with van der Waals surface area (Å²) in [5, 5.41) is 2.75. The largest absolute Gasteiger partial charge is 0.398 e. The van der Waals surface area contributed by atoms with E-state index in [1.54, 1.807) is 32.0 Å². The Bertz CT molecular complexity index is 1250. The number of nitrogens with two attached hydrogens (primary N) is 1. The van der Waals surface area contributed by atoms with E-state index in [1.165, 1.54) is 4.90 Å². The molecule has 0 saturated heterocycles. The number of nitrogen functional groups attached to an aromatic ring is 1. The number of aryl methyl sites for hydroxylation is 1. The zero-order valence-corrected chi connectivity index (χ0v) is 19.0. The van der Waals surface area contributed by atoms with Gasteiger partial charge < -0.3 is 11.1 Å². The van der Waals surface area contributed by atoms with Gasteiger partial charge in [-0.05, 0) is 49.6 Å².